The smallest absolute Gasteiger partial charge is 0.496 e. The van der Waals surface area contributed by atoms with Crippen molar-refractivity contribution < 1.29 is 28.5 Å². The quantitative estimate of drug-likeness (QED) is 0.467. The van der Waals surface area contributed by atoms with Crippen LogP contribution in [0.5, 0.6) is 17.2 Å². The molecule has 0 bridgehead atoms. The number of methoxy groups -OCH3 is 2. The van der Waals surface area contributed by atoms with Gasteiger partial charge >= 0.3 is 6.16 Å². The molecule has 1 fully saturated rings. The molecule has 1 heterocycles. The summed E-state index contributed by atoms with van der Waals surface area (Å²) in [7, 11) is 3.12. The topological polar surface area (TPSA) is 74.3 Å². The van der Waals surface area contributed by atoms with Crippen LogP contribution in [-0.2, 0) is 16.1 Å². The van der Waals surface area contributed by atoms with E-state index in [9.17, 15) is 9.59 Å². The largest absolute Gasteiger partial charge is 0.514 e. The fraction of sp³-hybridized carbons (Fsp3) is 0.391. The van der Waals surface area contributed by atoms with Crippen LogP contribution in [0.1, 0.15) is 37.3 Å². The predicted octanol–water partition coefficient (Wildman–Crippen LogP) is 4.79. The van der Waals surface area contributed by atoms with Crippen molar-refractivity contribution in [2.24, 2.45) is 0 Å². The second kappa shape index (κ2) is 9.51. The molecule has 1 unspecified atom stereocenters. The van der Waals surface area contributed by atoms with Gasteiger partial charge in [0.2, 0.25) is 5.91 Å². The maximum absolute atomic E-state index is 12.6. The maximum atomic E-state index is 12.6. The van der Waals surface area contributed by atoms with Gasteiger partial charge in [-0.15, -0.1) is 11.8 Å². The highest BCUT2D eigenvalue weighted by molar-refractivity contribution is 8.00. The molecule has 0 aliphatic carbocycles. The molecule has 1 aliphatic rings. The third-order valence-corrected chi connectivity index (χ3v) is 5.81. The lowest BCUT2D eigenvalue weighted by atomic mass is 10.1. The number of para-hydroxylation sites is 1. The summed E-state index contributed by atoms with van der Waals surface area (Å²) in [5, 5.41) is -0.193. The molecule has 0 radical (unpaired) electrons. The number of benzene rings is 2. The van der Waals surface area contributed by atoms with Gasteiger partial charge in [0.1, 0.15) is 16.7 Å². The van der Waals surface area contributed by atoms with E-state index < -0.39 is 11.8 Å². The molecule has 1 saturated heterocycles. The standard InChI is InChI=1S/C23H27NO6S/c1-23(2,3)30-22(26)29-18-11-10-15(12-19(18)28-5)21-24(20(25)14-31-21)13-16-8-6-7-9-17(16)27-4/h6-12,21H,13-14H2,1-5H3. The van der Waals surface area contributed by atoms with Crippen LogP contribution in [0.25, 0.3) is 0 Å². The summed E-state index contributed by atoms with van der Waals surface area (Å²) in [5.74, 6) is 1.82. The van der Waals surface area contributed by atoms with Gasteiger partial charge < -0.3 is 23.8 Å². The molecule has 0 N–H and O–H groups in total. The lowest BCUT2D eigenvalue weighted by Crippen LogP contribution is -2.28. The van der Waals surface area contributed by atoms with E-state index in [0.29, 0.717) is 18.0 Å². The number of nitrogens with zero attached hydrogens (tertiary/aromatic N) is 1. The molecule has 1 aliphatic heterocycles. The minimum absolute atomic E-state index is 0.0500. The summed E-state index contributed by atoms with van der Waals surface area (Å²) in [6.07, 6.45) is -0.804. The van der Waals surface area contributed by atoms with Gasteiger partial charge in [-0.3, -0.25) is 4.79 Å². The highest BCUT2D eigenvalue weighted by Crippen LogP contribution is 2.43. The average molecular weight is 446 g/mol. The fourth-order valence-corrected chi connectivity index (χ4v) is 4.38. The molecule has 3 rings (SSSR count). The van der Waals surface area contributed by atoms with E-state index in [4.69, 9.17) is 18.9 Å². The van der Waals surface area contributed by atoms with Crippen molar-refractivity contribution in [3.63, 3.8) is 0 Å². The Morgan fingerprint density at radius 2 is 1.77 bits per heavy atom. The van der Waals surface area contributed by atoms with Gasteiger partial charge in [0.05, 0.1) is 26.5 Å². The first kappa shape index (κ1) is 22.8. The van der Waals surface area contributed by atoms with Crippen LogP contribution < -0.4 is 14.2 Å². The number of thioether (sulfide) groups is 1. The van der Waals surface area contributed by atoms with Gasteiger partial charge in [0.25, 0.3) is 0 Å². The fourth-order valence-electron chi connectivity index (χ4n) is 3.20. The molecule has 2 aromatic carbocycles. The van der Waals surface area contributed by atoms with Gasteiger partial charge in [-0.1, -0.05) is 24.3 Å². The molecule has 0 aromatic heterocycles. The Balaban J connectivity index is 1.82. The highest BCUT2D eigenvalue weighted by Gasteiger charge is 2.34. The van der Waals surface area contributed by atoms with E-state index in [0.717, 1.165) is 16.9 Å². The van der Waals surface area contributed by atoms with E-state index >= 15 is 0 Å². The molecule has 0 spiro atoms. The van der Waals surface area contributed by atoms with Crippen molar-refractivity contribution in [3.05, 3.63) is 53.6 Å². The summed E-state index contributed by atoms with van der Waals surface area (Å²) in [6.45, 7) is 5.72. The van der Waals surface area contributed by atoms with Crippen LogP contribution >= 0.6 is 11.8 Å². The SMILES string of the molecule is COc1ccccc1CN1C(=O)CSC1c1ccc(OC(=O)OC(C)(C)C)c(OC)c1. The number of ether oxygens (including phenoxy) is 4. The molecular weight excluding hydrogens is 418 g/mol. The lowest BCUT2D eigenvalue weighted by molar-refractivity contribution is -0.128. The number of carbonyl (C=O) groups is 2. The first-order valence-electron chi connectivity index (χ1n) is 9.83. The van der Waals surface area contributed by atoms with Gasteiger partial charge in [-0.25, -0.2) is 4.79 Å². The summed E-state index contributed by atoms with van der Waals surface area (Å²) in [5.41, 5.74) is 1.14. The van der Waals surface area contributed by atoms with Gasteiger partial charge in [-0.05, 0) is 44.5 Å². The Labute approximate surface area is 186 Å². The van der Waals surface area contributed by atoms with Crippen molar-refractivity contribution >= 4 is 23.8 Å². The summed E-state index contributed by atoms with van der Waals surface area (Å²) >= 11 is 1.54. The number of rotatable bonds is 6. The molecule has 7 nitrogen and oxygen atoms in total. The minimum Gasteiger partial charge on any atom is -0.496 e. The third kappa shape index (κ3) is 5.64. The van der Waals surface area contributed by atoms with Crippen LogP contribution in [0.4, 0.5) is 4.79 Å². The zero-order valence-corrected chi connectivity index (χ0v) is 19.2. The van der Waals surface area contributed by atoms with Crippen molar-refractivity contribution in [1.82, 2.24) is 4.90 Å². The predicted molar refractivity (Wildman–Crippen MR) is 119 cm³/mol. The lowest BCUT2D eigenvalue weighted by Gasteiger charge is -2.25. The third-order valence-electron chi connectivity index (χ3n) is 4.56. The summed E-state index contributed by atoms with van der Waals surface area (Å²) < 4.78 is 21.4. The minimum atomic E-state index is -0.804. The van der Waals surface area contributed by atoms with Crippen LogP contribution in [0.2, 0.25) is 0 Å². The van der Waals surface area contributed by atoms with Gasteiger partial charge in [-0.2, -0.15) is 0 Å². The van der Waals surface area contributed by atoms with Crippen LogP contribution in [0, 0.1) is 0 Å². The number of carbonyl (C=O) groups excluding carboxylic acids is 2. The molecule has 166 valence electrons. The number of hydrogen-bond donors (Lipinski definition) is 0. The normalized spacial score (nSPS) is 16.2. The Bertz CT molecular complexity index is 955. The molecule has 2 aromatic rings. The van der Waals surface area contributed by atoms with Crippen molar-refractivity contribution in [2.45, 2.75) is 38.3 Å². The Hall–Kier alpha value is -2.87. The van der Waals surface area contributed by atoms with E-state index in [1.54, 1.807) is 40.0 Å². The van der Waals surface area contributed by atoms with Crippen molar-refractivity contribution in [2.75, 3.05) is 20.0 Å². The second-order valence-electron chi connectivity index (χ2n) is 7.97. The van der Waals surface area contributed by atoms with E-state index in [-0.39, 0.29) is 17.0 Å². The first-order valence-corrected chi connectivity index (χ1v) is 10.9. The van der Waals surface area contributed by atoms with E-state index in [1.807, 2.05) is 35.2 Å². The van der Waals surface area contributed by atoms with Crippen LogP contribution in [0.15, 0.2) is 42.5 Å². The van der Waals surface area contributed by atoms with Crippen LogP contribution in [0.3, 0.4) is 0 Å². The number of hydrogen-bond acceptors (Lipinski definition) is 7. The zero-order valence-electron chi connectivity index (χ0n) is 18.3. The van der Waals surface area contributed by atoms with Gasteiger partial charge in [0, 0.05) is 5.56 Å². The van der Waals surface area contributed by atoms with Crippen molar-refractivity contribution in [3.8, 4) is 17.2 Å². The molecule has 1 amide bonds. The van der Waals surface area contributed by atoms with Crippen LogP contribution in [-0.4, -0.2) is 42.5 Å². The van der Waals surface area contributed by atoms with Gasteiger partial charge in [0.15, 0.2) is 11.5 Å². The Morgan fingerprint density at radius 3 is 2.45 bits per heavy atom. The number of amides is 1. The van der Waals surface area contributed by atoms with E-state index in [2.05, 4.69) is 0 Å². The molecule has 0 saturated carbocycles. The highest BCUT2D eigenvalue weighted by atomic mass is 32.2. The Morgan fingerprint density at radius 1 is 1.06 bits per heavy atom. The second-order valence-corrected chi connectivity index (χ2v) is 9.04. The Kier molecular flexibility index (Phi) is 7.00. The average Bonchev–Trinajstić information content (AvgIpc) is 3.07. The molecule has 1 atom stereocenters. The summed E-state index contributed by atoms with van der Waals surface area (Å²) in [4.78, 5) is 26.4. The first-order chi connectivity index (χ1) is 14.7. The maximum Gasteiger partial charge on any atom is 0.514 e. The zero-order chi connectivity index (χ0) is 22.6. The summed E-state index contributed by atoms with van der Waals surface area (Å²) in [6, 6.07) is 12.9. The molecule has 31 heavy (non-hydrogen) atoms. The monoisotopic (exact) mass is 445 g/mol. The van der Waals surface area contributed by atoms with Crippen molar-refractivity contribution in [1.29, 1.82) is 0 Å². The molecule has 8 heteroatoms. The molecular formula is C23H27NO6S. The van der Waals surface area contributed by atoms with E-state index in [1.165, 1.54) is 18.9 Å².